The van der Waals surface area contributed by atoms with Gasteiger partial charge in [-0.25, -0.2) is 15.0 Å². The molecule has 0 bridgehead atoms. The van der Waals surface area contributed by atoms with Gasteiger partial charge in [0.25, 0.3) is 0 Å². The van der Waals surface area contributed by atoms with Crippen molar-refractivity contribution < 1.29 is 0 Å². The highest BCUT2D eigenvalue weighted by atomic mass is 15.0. The van der Waals surface area contributed by atoms with Crippen molar-refractivity contribution in [2.24, 2.45) is 0 Å². The van der Waals surface area contributed by atoms with Crippen molar-refractivity contribution in [3.8, 4) is 73.1 Å². The molecular weight excluding hydrogens is 765 g/mol. The molecule has 0 fully saturated rings. The second-order valence-electron chi connectivity index (χ2n) is 16.0. The summed E-state index contributed by atoms with van der Waals surface area (Å²) in [6, 6.07) is 81.6. The number of para-hydroxylation sites is 3. The fourth-order valence-corrected chi connectivity index (χ4v) is 9.20. The number of rotatable bonds is 7. The third-order valence-corrected chi connectivity index (χ3v) is 12.2. The Kier molecular flexibility index (Phi) is 8.79. The van der Waals surface area contributed by atoms with Crippen molar-refractivity contribution >= 4 is 43.5 Å². The zero-order valence-corrected chi connectivity index (χ0v) is 34.2. The summed E-state index contributed by atoms with van der Waals surface area (Å²) in [5.41, 5.74) is 15.9. The molecule has 3 aromatic heterocycles. The van der Waals surface area contributed by atoms with Gasteiger partial charge in [-0.1, -0.05) is 182 Å². The SMILES string of the molecule is c1ccc(-c2cc(-c3ccccc3)nc(-c3cccc(-c4cccc(-c5cccc6c7cc8c(cc7n(-c7ccccc7)c56)c(-c5ccccc5)nc5ccccc58)c4)c3)n2)cc1. The van der Waals surface area contributed by atoms with E-state index >= 15 is 0 Å². The van der Waals surface area contributed by atoms with Gasteiger partial charge in [0.15, 0.2) is 5.82 Å². The van der Waals surface area contributed by atoms with Crippen molar-refractivity contribution in [1.29, 1.82) is 0 Å². The lowest BCUT2D eigenvalue weighted by Gasteiger charge is -2.14. The molecule has 12 rings (SSSR count). The van der Waals surface area contributed by atoms with E-state index in [1.165, 1.54) is 16.2 Å². The van der Waals surface area contributed by atoms with Crippen LogP contribution in [0.25, 0.3) is 117 Å². The van der Waals surface area contributed by atoms with Gasteiger partial charge < -0.3 is 4.57 Å². The fourth-order valence-electron chi connectivity index (χ4n) is 9.20. The minimum Gasteiger partial charge on any atom is -0.309 e. The maximum atomic E-state index is 5.28. The minimum absolute atomic E-state index is 0.691. The van der Waals surface area contributed by atoms with Crippen LogP contribution >= 0.6 is 0 Å². The third-order valence-electron chi connectivity index (χ3n) is 12.2. The summed E-state index contributed by atoms with van der Waals surface area (Å²) in [6.45, 7) is 0. The first kappa shape index (κ1) is 36.4. The predicted molar refractivity (Wildman–Crippen MR) is 262 cm³/mol. The molecule has 0 aliphatic carbocycles. The van der Waals surface area contributed by atoms with Crippen LogP contribution in [-0.4, -0.2) is 19.5 Å². The molecule has 0 N–H and O–H groups in total. The standard InChI is InChI=1S/C59H38N4/c1-5-18-39(19-6-1)54-38-55(40-20-7-2-8-21-40)62-59(61-54)45-27-16-25-43(35-45)42-24-15-26-44(34-42)47-31-17-32-49-51-36-50-48-30-13-14-33-53(48)60-57(41-22-9-3-10-23-41)52(50)37-56(51)63(58(47)49)46-28-11-4-12-29-46/h1-38H. The number of hydrogen-bond acceptors (Lipinski definition) is 3. The van der Waals surface area contributed by atoms with Crippen LogP contribution in [0.1, 0.15) is 0 Å². The minimum atomic E-state index is 0.691. The Morgan fingerprint density at radius 1 is 0.302 bits per heavy atom. The molecule has 0 aliphatic heterocycles. The van der Waals surface area contributed by atoms with Crippen molar-refractivity contribution in [3.63, 3.8) is 0 Å². The van der Waals surface area contributed by atoms with E-state index < -0.39 is 0 Å². The van der Waals surface area contributed by atoms with E-state index in [1.807, 2.05) is 12.1 Å². The van der Waals surface area contributed by atoms with Gasteiger partial charge >= 0.3 is 0 Å². The van der Waals surface area contributed by atoms with Crippen LogP contribution in [0.4, 0.5) is 0 Å². The smallest absolute Gasteiger partial charge is 0.160 e. The number of pyridine rings is 1. The van der Waals surface area contributed by atoms with Gasteiger partial charge in [0.05, 0.1) is 33.6 Å². The number of hydrogen-bond donors (Lipinski definition) is 0. The Morgan fingerprint density at radius 3 is 1.51 bits per heavy atom. The summed E-state index contributed by atoms with van der Waals surface area (Å²) in [5, 5.41) is 5.88. The Labute approximate surface area is 365 Å². The van der Waals surface area contributed by atoms with E-state index in [2.05, 4.69) is 223 Å². The van der Waals surface area contributed by atoms with E-state index in [1.54, 1.807) is 0 Å². The second kappa shape index (κ2) is 15.2. The molecule has 294 valence electrons. The van der Waals surface area contributed by atoms with E-state index in [4.69, 9.17) is 15.0 Å². The van der Waals surface area contributed by atoms with E-state index in [9.17, 15) is 0 Å². The van der Waals surface area contributed by atoms with Gasteiger partial charge in [-0.15, -0.1) is 0 Å². The van der Waals surface area contributed by atoms with Crippen molar-refractivity contribution in [2.75, 3.05) is 0 Å². The Hall–Kier alpha value is -8.47. The normalized spacial score (nSPS) is 11.5. The maximum Gasteiger partial charge on any atom is 0.160 e. The molecule has 0 saturated carbocycles. The highest BCUT2D eigenvalue weighted by Gasteiger charge is 2.20. The van der Waals surface area contributed by atoms with Crippen molar-refractivity contribution in [2.45, 2.75) is 0 Å². The molecule has 0 spiro atoms. The van der Waals surface area contributed by atoms with Crippen LogP contribution in [0, 0.1) is 0 Å². The van der Waals surface area contributed by atoms with Crippen LogP contribution in [0.5, 0.6) is 0 Å². The molecule has 0 aliphatic rings. The van der Waals surface area contributed by atoms with E-state index in [0.717, 1.165) is 94.6 Å². The van der Waals surface area contributed by atoms with Gasteiger partial charge in [-0.2, -0.15) is 0 Å². The average Bonchev–Trinajstić information content (AvgIpc) is 3.70. The lowest BCUT2D eigenvalue weighted by atomic mass is 9.95. The Balaban J connectivity index is 1.04. The average molecular weight is 803 g/mol. The zero-order chi connectivity index (χ0) is 41.7. The monoisotopic (exact) mass is 802 g/mol. The first-order valence-electron chi connectivity index (χ1n) is 21.4. The molecular formula is C59H38N4. The first-order chi connectivity index (χ1) is 31.2. The molecule has 9 aromatic carbocycles. The summed E-state index contributed by atoms with van der Waals surface area (Å²) in [5.74, 6) is 0.691. The van der Waals surface area contributed by atoms with Crippen LogP contribution in [0.3, 0.4) is 0 Å². The predicted octanol–water partition coefficient (Wildman–Crippen LogP) is 15.3. The topological polar surface area (TPSA) is 43.6 Å². The molecule has 0 amide bonds. The highest BCUT2D eigenvalue weighted by molar-refractivity contribution is 6.22. The molecule has 12 aromatic rings. The van der Waals surface area contributed by atoms with E-state index in [0.29, 0.717) is 5.82 Å². The molecule has 0 radical (unpaired) electrons. The largest absolute Gasteiger partial charge is 0.309 e. The second-order valence-corrected chi connectivity index (χ2v) is 16.0. The van der Waals surface area contributed by atoms with Gasteiger partial charge in [0, 0.05) is 55.0 Å². The molecule has 0 unspecified atom stereocenters. The molecule has 3 heterocycles. The zero-order valence-electron chi connectivity index (χ0n) is 34.2. The van der Waals surface area contributed by atoms with Gasteiger partial charge in [-0.05, 0) is 70.6 Å². The van der Waals surface area contributed by atoms with Gasteiger partial charge in [-0.3, -0.25) is 0 Å². The lowest BCUT2D eigenvalue weighted by molar-refractivity contribution is 1.18. The van der Waals surface area contributed by atoms with Crippen molar-refractivity contribution in [1.82, 2.24) is 19.5 Å². The van der Waals surface area contributed by atoms with Crippen LogP contribution in [0.15, 0.2) is 231 Å². The number of fused-ring (bicyclic) bond motifs is 6. The molecule has 63 heavy (non-hydrogen) atoms. The number of benzene rings is 9. The van der Waals surface area contributed by atoms with E-state index in [-0.39, 0.29) is 0 Å². The van der Waals surface area contributed by atoms with Crippen molar-refractivity contribution in [3.05, 3.63) is 231 Å². The summed E-state index contributed by atoms with van der Waals surface area (Å²) in [4.78, 5) is 15.6. The summed E-state index contributed by atoms with van der Waals surface area (Å²) >= 11 is 0. The van der Waals surface area contributed by atoms with Crippen LogP contribution < -0.4 is 0 Å². The highest BCUT2D eigenvalue weighted by Crippen LogP contribution is 2.43. The molecule has 0 saturated heterocycles. The summed E-state index contributed by atoms with van der Waals surface area (Å²) in [7, 11) is 0. The third kappa shape index (κ3) is 6.44. The fraction of sp³-hybridized carbons (Fsp3) is 0. The van der Waals surface area contributed by atoms with Gasteiger partial charge in [0.2, 0.25) is 0 Å². The molecule has 4 heteroatoms. The number of nitrogens with zero attached hydrogens (tertiary/aromatic N) is 4. The van der Waals surface area contributed by atoms with Gasteiger partial charge in [0.1, 0.15) is 0 Å². The number of aromatic nitrogens is 4. The van der Waals surface area contributed by atoms with Crippen LogP contribution in [-0.2, 0) is 0 Å². The lowest BCUT2D eigenvalue weighted by Crippen LogP contribution is -1.96. The molecule has 0 atom stereocenters. The maximum absolute atomic E-state index is 5.28. The summed E-state index contributed by atoms with van der Waals surface area (Å²) in [6.07, 6.45) is 0. The Morgan fingerprint density at radius 2 is 0.825 bits per heavy atom. The molecule has 4 nitrogen and oxygen atoms in total. The Bertz CT molecular complexity index is 3600. The quantitative estimate of drug-likeness (QED) is 0.151. The summed E-state index contributed by atoms with van der Waals surface area (Å²) < 4.78 is 2.44. The van der Waals surface area contributed by atoms with Crippen LogP contribution in [0.2, 0.25) is 0 Å². The first-order valence-corrected chi connectivity index (χ1v) is 21.4.